The number of hydrogen-bond acceptors (Lipinski definition) is 3. The molecule has 5 nitrogen and oxygen atoms in total. The first-order valence-electron chi connectivity index (χ1n) is 7.79. The number of amides is 1. The number of hydrogen-bond donors (Lipinski definition) is 2. The van der Waals surface area contributed by atoms with Gasteiger partial charge in [0.2, 0.25) is 0 Å². The average Bonchev–Trinajstić information content (AvgIpc) is 2.65. The highest BCUT2D eigenvalue weighted by Crippen LogP contribution is 2.20. The van der Waals surface area contributed by atoms with Gasteiger partial charge in [0, 0.05) is 17.3 Å². The highest BCUT2D eigenvalue weighted by Gasteiger charge is 2.17. The Morgan fingerprint density at radius 2 is 1.52 bits per heavy atom. The van der Waals surface area contributed by atoms with Crippen molar-refractivity contribution in [2.45, 2.75) is 4.90 Å². The molecule has 2 N–H and O–H groups in total. The normalized spacial score (nSPS) is 11.0. The van der Waals surface area contributed by atoms with Gasteiger partial charge in [0.05, 0.1) is 10.6 Å². The van der Waals surface area contributed by atoms with Crippen LogP contribution in [0.3, 0.4) is 0 Å². The Morgan fingerprint density at radius 3 is 2.15 bits per heavy atom. The molecular formula is C19H14F2N2O3S. The van der Waals surface area contributed by atoms with Crippen molar-refractivity contribution in [3.8, 4) is 0 Å². The molecule has 0 aromatic heterocycles. The molecule has 1 amide bonds. The fourth-order valence-corrected chi connectivity index (χ4v) is 3.35. The zero-order valence-corrected chi connectivity index (χ0v) is 14.6. The fourth-order valence-electron chi connectivity index (χ4n) is 2.29. The molecule has 3 aromatic carbocycles. The van der Waals surface area contributed by atoms with Crippen LogP contribution in [0.25, 0.3) is 0 Å². The zero-order valence-electron chi connectivity index (χ0n) is 13.8. The van der Waals surface area contributed by atoms with Crippen LogP contribution in [0.2, 0.25) is 0 Å². The van der Waals surface area contributed by atoms with Crippen molar-refractivity contribution >= 4 is 27.3 Å². The number of rotatable bonds is 5. The van der Waals surface area contributed by atoms with Crippen LogP contribution in [0, 0.1) is 11.6 Å². The number of carbonyl (C=O) groups excluding carboxylic acids is 1. The summed E-state index contributed by atoms with van der Waals surface area (Å²) in [6, 6.07) is 16.4. The van der Waals surface area contributed by atoms with Crippen LogP contribution in [0.4, 0.5) is 20.2 Å². The van der Waals surface area contributed by atoms with Gasteiger partial charge in [-0.2, -0.15) is 0 Å². The Morgan fingerprint density at radius 1 is 0.852 bits per heavy atom. The van der Waals surface area contributed by atoms with E-state index >= 15 is 0 Å². The molecule has 0 spiro atoms. The second-order valence-corrected chi connectivity index (χ2v) is 7.26. The quantitative estimate of drug-likeness (QED) is 0.693. The maximum absolute atomic E-state index is 13.7. The highest BCUT2D eigenvalue weighted by atomic mass is 32.2. The summed E-state index contributed by atoms with van der Waals surface area (Å²) >= 11 is 0. The average molecular weight is 388 g/mol. The van der Waals surface area contributed by atoms with Crippen molar-refractivity contribution in [3.05, 3.63) is 90.0 Å². The zero-order chi connectivity index (χ0) is 19.4. The minimum absolute atomic E-state index is 0.164. The Kier molecular flexibility index (Phi) is 5.18. The summed E-state index contributed by atoms with van der Waals surface area (Å²) in [4.78, 5) is 12.0. The molecule has 0 aliphatic carbocycles. The van der Waals surface area contributed by atoms with E-state index in [2.05, 4.69) is 5.32 Å². The van der Waals surface area contributed by atoms with Gasteiger partial charge in [0.15, 0.2) is 0 Å². The van der Waals surface area contributed by atoms with Crippen molar-refractivity contribution in [2.75, 3.05) is 10.0 Å². The molecule has 3 rings (SSSR count). The van der Waals surface area contributed by atoms with Crippen LogP contribution in [-0.2, 0) is 10.0 Å². The van der Waals surface area contributed by atoms with Crippen LogP contribution >= 0.6 is 0 Å². The standard InChI is InChI=1S/C19H14F2N2O3S/c20-14-8-11-18(17(21)12-14)23-27(25,26)16-9-6-13(7-10-16)19(24)22-15-4-2-1-3-5-15/h1-12,23H,(H,22,24). The van der Waals surface area contributed by atoms with E-state index in [0.717, 1.165) is 12.1 Å². The summed E-state index contributed by atoms with van der Waals surface area (Å²) in [5.74, 6) is -2.25. The fraction of sp³-hybridized carbons (Fsp3) is 0. The Labute approximate surface area is 154 Å². The van der Waals surface area contributed by atoms with Gasteiger partial charge in [-0.05, 0) is 48.5 Å². The van der Waals surface area contributed by atoms with Crippen LogP contribution in [0.15, 0.2) is 77.7 Å². The van der Waals surface area contributed by atoms with Crippen LogP contribution in [-0.4, -0.2) is 14.3 Å². The third kappa shape index (κ3) is 4.48. The smallest absolute Gasteiger partial charge is 0.261 e. The van der Waals surface area contributed by atoms with Crippen LogP contribution in [0.1, 0.15) is 10.4 Å². The number of halogens is 2. The third-order valence-corrected chi connectivity index (χ3v) is 5.02. The lowest BCUT2D eigenvalue weighted by Gasteiger charge is -2.10. The van der Waals surface area contributed by atoms with Gasteiger partial charge in [0.1, 0.15) is 11.6 Å². The summed E-state index contributed by atoms with van der Waals surface area (Å²) in [6.45, 7) is 0. The van der Waals surface area contributed by atoms with Crippen molar-refractivity contribution in [2.24, 2.45) is 0 Å². The monoisotopic (exact) mass is 388 g/mol. The minimum atomic E-state index is -4.09. The van der Waals surface area contributed by atoms with Crippen LogP contribution < -0.4 is 10.0 Å². The minimum Gasteiger partial charge on any atom is -0.322 e. The number of sulfonamides is 1. The lowest BCUT2D eigenvalue weighted by atomic mass is 10.2. The summed E-state index contributed by atoms with van der Waals surface area (Å²) in [5, 5.41) is 2.68. The molecule has 0 saturated carbocycles. The molecule has 0 bridgehead atoms. The Balaban J connectivity index is 1.76. The highest BCUT2D eigenvalue weighted by molar-refractivity contribution is 7.92. The molecule has 0 radical (unpaired) electrons. The predicted octanol–water partition coefficient (Wildman–Crippen LogP) is 4.02. The second-order valence-electron chi connectivity index (χ2n) is 5.57. The van der Waals surface area contributed by atoms with E-state index in [1.54, 1.807) is 24.3 Å². The van der Waals surface area contributed by atoms with Gasteiger partial charge in [-0.3, -0.25) is 9.52 Å². The van der Waals surface area contributed by atoms with Crippen LogP contribution in [0.5, 0.6) is 0 Å². The first-order valence-corrected chi connectivity index (χ1v) is 9.28. The molecule has 27 heavy (non-hydrogen) atoms. The first-order chi connectivity index (χ1) is 12.8. The van der Waals surface area contributed by atoms with Crippen molar-refractivity contribution in [3.63, 3.8) is 0 Å². The molecular weight excluding hydrogens is 374 g/mol. The number of nitrogens with one attached hydrogen (secondary N) is 2. The van der Waals surface area contributed by atoms with Crippen molar-refractivity contribution in [1.82, 2.24) is 0 Å². The van der Waals surface area contributed by atoms with Gasteiger partial charge in [-0.15, -0.1) is 0 Å². The topological polar surface area (TPSA) is 75.3 Å². The third-order valence-electron chi connectivity index (χ3n) is 3.63. The van der Waals surface area contributed by atoms with E-state index in [-0.39, 0.29) is 16.1 Å². The summed E-state index contributed by atoms with van der Waals surface area (Å²) in [5.41, 5.74) is 0.487. The Bertz CT molecular complexity index is 1070. The van der Waals surface area contributed by atoms with E-state index in [4.69, 9.17) is 0 Å². The Hall–Kier alpha value is -3.26. The summed E-state index contributed by atoms with van der Waals surface area (Å²) in [7, 11) is -4.09. The molecule has 0 fully saturated rings. The molecule has 3 aromatic rings. The van der Waals surface area contributed by atoms with E-state index in [1.165, 1.54) is 24.3 Å². The van der Waals surface area contributed by atoms with Crippen molar-refractivity contribution in [1.29, 1.82) is 0 Å². The van der Waals surface area contributed by atoms with Gasteiger partial charge in [0.25, 0.3) is 15.9 Å². The lowest BCUT2D eigenvalue weighted by molar-refractivity contribution is 0.102. The summed E-state index contributed by atoms with van der Waals surface area (Å²) < 4.78 is 53.3. The first kappa shape index (κ1) is 18.5. The SMILES string of the molecule is O=C(Nc1ccccc1)c1ccc(S(=O)(=O)Nc2ccc(F)cc2F)cc1. The number of anilines is 2. The van der Waals surface area contributed by atoms with Gasteiger partial charge in [-0.25, -0.2) is 17.2 Å². The van der Waals surface area contributed by atoms with Gasteiger partial charge >= 0.3 is 0 Å². The molecule has 0 atom stereocenters. The largest absolute Gasteiger partial charge is 0.322 e. The van der Waals surface area contributed by atoms with E-state index in [0.29, 0.717) is 11.8 Å². The maximum atomic E-state index is 13.7. The lowest BCUT2D eigenvalue weighted by Crippen LogP contribution is -2.15. The molecule has 138 valence electrons. The number of carbonyl (C=O) groups is 1. The predicted molar refractivity (Wildman–Crippen MR) is 98.0 cm³/mol. The molecule has 0 aliphatic rings. The molecule has 0 saturated heterocycles. The molecule has 0 heterocycles. The second kappa shape index (κ2) is 7.55. The molecule has 8 heteroatoms. The molecule has 0 unspecified atom stereocenters. The van der Waals surface area contributed by atoms with Gasteiger partial charge < -0.3 is 5.32 Å². The van der Waals surface area contributed by atoms with E-state index in [9.17, 15) is 22.0 Å². The van der Waals surface area contributed by atoms with Gasteiger partial charge in [-0.1, -0.05) is 18.2 Å². The van der Waals surface area contributed by atoms with Crippen molar-refractivity contribution < 1.29 is 22.0 Å². The number of benzene rings is 3. The number of para-hydroxylation sites is 1. The van der Waals surface area contributed by atoms with E-state index < -0.39 is 27.6 Å². The maximum Gasteiger partial charge on any atom is 0.261 e. The summed E-state index contributed by atoms with van der Waals surface area (Å²) in [6.07, 6.45) is 0. The van der Waals surface area contributed by atoms with E-state index in [1.807, 2.05) is 10.8 Å². The molecule has 0 aliphatic heterocycles.